The summed E-state index contributed by atoms with van der Waals surface area (Å²) in [5.41, 5.74) is 0.0475. The second-order valence-corrected chi connectivity index (χ2v) is 5.78. The van der Waals surface area contributed by atoms with Gasteiger partial charge in [-0.3, -0.25) is 4.79 Å². The number of carbonyl (C=O) groups excluding carboxylic acids is 1. The Labute approximate surface area is 98.1 Å². The summed E-state index contributed by atoms with van der Waals surface area (Å²) in [4.78, 5) is 12.1. The van der Waals surface area contributed by atoms with Crippen molar-refractivity contribution in [3.05, 3.63) is 12.2 Å². The van der Waals surface area contributed by atoms with E-state index < -0.39 is 0 Å². The zero-order valence-electron chi connectivity index (χ0n) is 10.7. The first-order valence-corrected chi connectivity index (χ1v) is 6.35. The van der Waals surface area contributed by atoms with Gasteiger partial charge in [-0.1, -0.05) is 32.9 Å². The first-order valence-electron chi connectivity index (χ1n) is 6.35. The van der Waals surface area contributed by atoms with E-state index in [-0.39, 0.29) is 17.3 Å². The maximum absolute atomic E-state index is 12.1. The van der Waals surface area contributed by atoms with E-state index in [1.54, 1.807) is 0 Å². The highest BCUT2D eigenvalue weighted by molar-refractivity contribution is 5.75. The van der Waals surface area contributed by atoms with Crippen molar-refractivity contribution in [2.45, 2.75) is 34.1 Å². The van der Waals surface area contributed by atoms with E-state index >= 15 is 0 Å². The predicted molar refractivity (Wildman–Crippen MR) is 63.8 cm³/mol. The molecule has 2 heteroatoms. The molecule has 0 aliphatic heterocycles. The van der Waals surface area contributed by atoms with Crippen LogP contribution in [0.1, 0.15) is 34.1 Å². The molecule has 0 aromatic heterocycles. The van der Waals surface area contributed by atoms with Crippen LogP contribution in [0.5, 0.6) is 0 Å². The van der Waals surface area contributed by atoms with Gasteiger partial charge in [-0.05, 0) is 36.5 Å². The second kappa shape index (κ2) is 3.90. The van der Waals surface area contributed by atoms with Crippen molar-refractivity contribution in [2.24, 2.45) is 29.1 Å². The molecule has 2 aliphatic rings. The fourth-order valence-corrected chi connectivity index (χ4v) is 3.71. The lowest BCUT2D eigenvalue weighted by molar-refractivity contribution is -0.153. The van der Waals surface area contributed by atoms with Gasteiger partial charge in [0.2, 0.25) is 0 Å². The zero-order chi connectivity index (χ0) is 11.9. The number of ether oxygens (including phenoxy) is 1. The van der Waals surface area contributed by atoms with Crippen LogP contribution in [0.25, 0.3) is 0 Å². The number of carbonyl (C=O) groups is 1. The minimum absolute atomic E-state index is 0.00977. The van der Waals surface area contributed by atoms with Gasteiger partial charge in [-0.2, -0.15) is 0 Å². The van der Waals surface area contributed by atoms with Crippen molar-refractivity contribution in [3.63, 3.8) is 0 Å². The monoisotopic (exact) mass is 222 g/mol. The topological polar surface area (TPSA) is 26.3 Å². The third kappa shape index (κ3) is 1.59. The van der Waals surface area contributed by atoms with Crippen molar-refractivity contribution in [3.8, 4) is 0 Å². The van der Waals surface area contributed by atoms with Crippen LogP contribution in [0.3, 0.4) is 0 Å². The van der Waals surface area contributed by atoms with Gasteiger partial charge >= 0.3 is 5.97 Å². The summed E-state index contributed by atoms with van der Waals surface area (Å²) < 4.78 is 5.25. The molecule has 2 bridgehead atoms. The van der Waals surface area contributed by atoms with Gasteiger partial charge in [0.05, 0.1) is 12.5 Å². The molecule has 0 heterocycles. The zero-order valence-corrected chi connectivity index (χ0v) is 10.7. The molecule has 4 atom stereocenters. The molecular weight excluding hydrogens is 200 g/mol. The van der Waals surface area contributed by atoms with E-state index in [9.17, 15) is 4.79 Å². The number of esters is 1. The van der Waals surface area contributed by atoms with E-state index in [0.29, 0.717) is 24.4 Å². The Balaban J connectivity index is 2.26. The highest BCUT2D eigenvalue weighted by atomic mass is 16.5. The SMILES string of the molecule is CCOC(=O)C1C(C(C)C)C2C=CC1(C)C2. The van der Waals surface area contributed by atoms with Gasteiger partial charge in [-0.25, -0.2) is 0 Å². The van der Waals surface area contributed by atoms with E-state index in [0.717, 1.165) is 6.42 Å². The first kappa shape index (κ1) is 11.7. The number of fused-ring (bicyclic) bond motifs is 2. The van der Waals surface area contributed by atoms with Crippen LogP contribution in [-0.4, -0.2) is 12.6 Å². The molecule has 0 spiro atoms. The Morgan fingerprint density at radius 1 is 1.56 bits per heavy atom. The Bertz CT molecular complexity index is 319. The number of allylic oxidation sites excluding steroid dienone is 2. The molecule has 2 nitrogen and oxygen atoms in total. The Morgan fingerprint density at radius 2 is 2.25 bits per heavy atom. The van der Waals surface area contributed by atoms with E-state index in [1.165, 1.54) is 0 Å². The van der Waals surface area contributed by atoms with Gasteiger partial charge in [0.1, 0.15) is 0 Å². The van der Waals surface area contributed by atoms with Gasteiger partial charge in [-0.15, -0.1) is 0 Å². The molecule has 2 aliphatic carbocycles. The van der Waals surface area contributed by atoms with Crippen molar-refractivity contribution < 1.29 is 9.53 Å². The maximum Gasteiger partial charge on any atom is 0.310 e. The summed E-state index contributed by atoms with van der Waals surface area (Å²) >= 11 is 0. The quantitative estimate of drug-likeness (QED) is 0.542. The summed E-state index contributed by atoms with van der Waals surface area (Å²) in [7, 11) is 0. The van der Waals surface area contributed by atoms with Crippen LogP contribution >= 0.6 is 0 Å². The molecule has 0 amide bonds. The van der Waals surface area contributed by atoms with Crippen molar-refractivity contribution in [2.75, 3.05) is 6.61 Å². The molecular formula is C14H22O2. The van der Waals surface area contributed by atoms with E-state index in [4.69, 9.17) is 4.74 Å². The maximum atomic E-state index is 12.1. The lowest BCUT2D eigenvalue weighted by Crippen LogP contribution is -2.36. The lowest BCUT2D eigenvalue weighted by Gasteiger charge is -2.34. The third-order valence-electron chi connectivity index (χ3n) is 4.30. The Kier molecular flexibility index (Phi) is 2.85. The number of hydrogen-bond acceptors (Lipinski definition) is 2. The van der Waals surface area contributed by atoms with Crippen LogP contribution in [0.4, 0.5) is 0 Å². The van der Waals surface area contributed by atoms with Crippen LogP contribution in [0.2, 0.25) is 0 Å². The number of rotatable bonds is 3. The molecule has 1 fully saturated rings. The molecule has 1 saturated carbocycles. The van der Waals surface area contributed by atoms with Crippen LogP contribution < -0.4 is 0 Å². The summed E-state index contributed by atoms with van der Waals surface area (Å²) in [6, 6.07) is 0. The van der Waals surface area contributed by atoms with Crippen molar-refractivity contribution in [1.29, 1.82) is 0 Å². The predicted octanol–water partition coefficient (Wildman–Crippen LogP) is 3.03. The van der Waals surface area contributed by atoms with Crippen molar-refractivity contribution >= 4 is 5.97 Å². The Morgan fingerprint density at radius 3 is 2.81 bits per heavy atom. The molecule has 4 unspecified atom stereocenters. The van der Waals surface area contributed by atoms with Crippen LogP contribution in [-0.2, 0) is 9.53 Å². The molecule has 0 saturated heterocycles. The third-order valence-corrected chi connectivity index (χ3v) is 4.30. The molecule has 0 radical (unpaired) electrons. The molecule has 0 aromatic rings. The highest BCUT2D eigenvalue weighted by Crippen LogP contribution is 2.58. The van der Waals surface area contributed by atoms with E-state index in [2.05, 4.69) is 32.9 Å². The normalized spacial score (nSPS) is 40.7. The van der Waals surface area contributed by atoms with Crippen LogP contribution in [0.15, 0.2) is 12.2 Å². The van der Waals surface area contributed by atoms with Gasteiger partial charge in [0.15, 0.2) is 0 Å². The summed E-state index contributed by atoms with van der Waals surface area (Å²) in [6.07, 6.45) is 5.66. The number of hydrogen-bond donors (Lipinski definition) is 0. The lowest BCUT2D eigenvalue weighted by atomic mass is 9.71. The summed E-state index contributed by atoms with van der Waals surface area (Å²) in [6.45, 7) is 9.01. The second-order valence-electron chi connectivity index (χ2n) is 5.78. The Hall–Kier alpha value is -0.790. The highest BCUT2D eigenvalue weighted by Gasteiger charge is 2.56. The molecule has 0 aromatic carbocycles. The van der Waals surface area contributed by atoms with Gasteiger partial charge in [0.25, 0.3) is 0 Å². The minimum Gasteiger partial charge on any atom is -0.466 e. The largest absolute Gasteiger partial charge is 0.466 e. The average molecular weight is 222 g/mol. The summed E-state index contributed by atoms with van der Waals surface area (Å²) in [5.74, 6) is 1.68. The molecule has 90 valence electrons. The first-order chi connectivity index (χ1) is 7.49. The molecule has 2 rings (SSSR count). The molecule has 16 heavy (non-hydrogen) atoms. The molecule has 0 N–H and O–H groups in total. The standard InChI is InChI=1S/C14H22O2/c1-5-16-13(15)12-11(9(2)3)10-6-7-14(12,4)8-10/h6-7,9-12H,5,8H2,1-4H3. The van der Waals surface area contributed by atoms with Gasteiger partial charge < -0.3 is 4.74 Å². The van der Waals surface area contributed by atoms with Crippen LogP contribution in [0, 0.1) is 29.1 Å². The van der Waals surface area contributed by atoms with E-state index in [1.807, 2.05) is 6.92 Å². The summed E-state index contributed by atoms with van der Waals surface area (Å²) in [5, 5.41) is 0. The fraction of sp³-hybridized carbons (Fsp3) is 0.786. The fourth-order valence-electron chi connectivity index (χ4n) is 3.71. The minimum atomic E-state index is 0.00977. The average Bonchev–Trinajstić information content (AvgIpc) is 2.70. The van der Waals surface area contributed by atoms with Crippen molar-refractivity contribution in [1.82, 2.24) is 0 Å². The van der Waals surface area contributed by atoms with Gasteiger partial charge in [0, 0.05) is 0 Å². The smallest absolute Gasteiger partial charge is 0.310 e.